The Kier molecular flexibility index (Phi) is 9.43. The molecule has 2 aromatic heterocycles. The van der Waals surface area contributed by atoms with Crippen molar-refractivity contribution in [2.45, 2.75) is 19.5 Å². The Hall–Kier alpha value is -4.90. The largest absolute Gasteiger partial charge is 0.418 e. The van der Waals surface area contributed by atoms with Crippen LogP contribution in [0.15, 0.2) is 85.3 Å². The molecule has 0 aliphatic heterocycles. The average molecular weight is 575 g/mol. The SMILES string of the molecule is Cc1ccc(C(=O)Nc2ccc(NC(=O)/C=C/CN(C)C)c(C(F)(F)F)c2)cc1Cc1nccc(-c2cccnc2)n1. The molecule has 0 spiro atoms. The normalized spacial score (nSPS) is 11.6. The summed E-state index contributed by atoms with van der Waals surface area (Å²) in [6.45, 7) is 2.34. The number of rotatable bonds is 9. The van der Waals surface area contributed by atoms with E-state index >= 15 is 0 Å². The number of hydrogen-bond acceptors (Lipinski definition) is 6. The van der Waals surface area contributed by atoms with Crippen molar-refractivity contribution in [3.63, 3.8) is 0 Å². The number of carbonyl (C=O) groups excluding carboxylic acids is 2. The molecule has 4 rings (SSSR count). The van der Waals surface area contributed by atoms with Gasteiger partial charge in [-0.2, -0.15) is 13.2 Å². The number of halogens is 3. The van der Waals surface area contributed by atoms with Crippen molar-refractivity contribution >= 4 is 23.2 Å². The summed E-state index contributed by atoms with van der Waals surface area (Å²) in [6, 6.07) is 13.7. The average Bonchev–Trinajstić information content (AvgIpc) is 2.95. The fourth-order valence-electron chi connectivity index (χ4n) is 4.05. The van der Waals surface area contributed by atoms with Gasteiger partial charge in [0, 0.05) is 54.4 Å². The smallest absolute Gasteiger partial charge is 0.322 e. The molecule has 42 heavy (non-hydrogen) atoms. The summed E-state index contributed by atoms with van der Waals surface area (Å²) in [5, 5.41) is 4.79. The maximum Gasteiger partial charge on any atom is 0.418 e. The summed E-state index contributed by atoms with van der Waals surface area (Å²) >= 11 is 0. The second kappa shape index (κ2) is 13.2. The van der Waals surface area contributed by atoms with Gasteiger partial charge in [-0.1, -0.05) is 12.1 Å². The fraction of sp³-hybridized carbons (Fsp3) is 0.194. The van der Waals surface area contributed by atoms with Gasteiger partial charge in [-0.25, -0.2) is 9.97 Å². The summed E-state index contributed by atoms with van der Waals surface area (Å²) in [5.41, 5.74) is 1.96. The molecule has 0 radical (unpaired) electrons. The van der Waals surface area contributed by atoms with Crippen molar-refractivity contribution in [2.75, 3.05) is 31.3 Å². The number of alkyl halides is 3. The summed E-state index contributed by atoms with van der Waals surface area (Å²) in [5.74, 6) is -0.736. The maximum atomic E-state index is 13.8. The molecule has 0 unspecified atom stereocenters. The Morgan fingerprint density at radius 1 is 1.00 bits per heavy atom. The predicted octanol–water partition coefficient (Wildman–Crippen LogP) is 5.77. The molecule has 0 aliphatic rings. The monoisotopic (exact) mass is 574 g/mol. The van der Waals surface area contributed by atoms with E-state index in [0.29, 0.717) is 24.5 Å². The molecular weight excluding hydrogens is 545 g/mol. The summed E-state index contributed by atoms with van der Waals surface area (Å²) in [7, 11) is 3.59. The lowest BCUT2D eigenvalue weighted by atomic mass is 10.0. The quantitative estimate of drug-likeness (QED) is 0.247. The van der Waals surface area contributed by atoms with Crippen LogP contribution in [-0.4, -0.2) is 52.3 Å². The van der Waals surface area contributed by atoms with Gasteiger partial charge in [0.2, 0.25) is 5.91 Å². The predicted molar refractivity (Wildman–Crippen MR) is 155 cm³/mol. The van der Waals surface area contributed by atoms with E-state index in [1.165, 1.54) is 18.2 Å². The summed E-state index contributed by atoms with van der Waals surface area (Å²) in [4.78, 5) is 40.1. The fourth-order valence-corrected chi connectivity index (χ4v) is 4.05. The highest BCUT2D eigenvalue weighted by Crippen LogP contribution is 2.36. The summed E-state index contributed by atoms with van der Waals surface area (Å²) < 4.78 is 41.5. The van der Waals surface area contributed by atoms with Gasteiger partial charge in [-0.3, -0.25) is 14.6 Å². The number of benzene rings is 2. The molecule has 2 heterocycles. The molecule has 0 aliphatic carbocycles. The molecule has 2 N–H and O–H groups in total. The Morgan fingerprint density at radius 2 is 1.81 bits per heavy atom. The molecule has 0 saturated heterocycles. The second-order valence-corrected chi connectivity index (χ2v) is 9.78. The number of pyridine rings is 1. The molecule has 0 atom stereocenters. The third-order valence-electron chi connectivity index (χ3n) is 6.20. The molecule has 11 heteroatoms. The van der Waals surface area contributed by atoms with Gasteiger partial charge in [0.05, 0.1) is 16.9 Å². The zero-order chi connectivity index (χ0) is 30.3. The molecule has 216 valence electrons. The van der Waals surface area contributed by atoms with Crippen LogP contribution in [0.4, 0.5) is 24.5 Å². The molecule has 2 aromatic carbocycles. The van der Waals surface area contributed by atoms with Gasteiger partial charge in [0.1, 0.15) is 5.82 Å². The third-order valence-corrected chi connectivity index (χ3v) is 6.20. The number of anilines is 2. The van der Waals surface area contributed by atoms with E-state index in [0.717, 1.165) is 28.8 Å². The zero-order valence-corrected chi connectivity index (χ0v) is 23.2. The first kappa shape index (κ1) is 30.1. The Morgan fingerprint density at radius 3 is 2.52 bits per heavy atom. The van der Waals surface area contributed by atoms with Crippen LogP contribution in [0.3, 0.4) is 0 Å². The number of nitrogens with one attached hydrogen (secondary N) is 2. The van der Waals surface area contributed by atoms with Crippen molar-refractivity contribution in [1.82, 2.24) is 19.9 Å². The van der Waals surface area contributed by atoms with E-state index in [1.54, 1.807) is 61.9 Å². The van der Waals surface area contributed by atoms with Gasteiger partial charge in [-0.15, -0.1) is 0 Å². The second-order valence-electron chi connectivity index (χ2n) is 9.78. The molecule has 0 bridgehead atoms. The first-order valence-electron chi connectivity index (χ1n) is 13.0. The minimum atomic E-state index is -4.77. The number of hydrogen-bond donors (Lipinski definition) is 2. The van der Waals surface area contributed by atoms with Crippen LogP contribution in [0.5, 0.6) is 0 Å². The number of amides is 2. The molecule has 0 saturated carbocycles. The van der Waals surface area contributed by atoms with E-state index in [4.69, 9.17) is 0 Å². The van der Waals surface area contributed by atoms with Gasteiger partial charge in [-0.05, 0) is 80.7 Å². The van der Waals surface area contributed by atoms with Crippen molar-refractivity contribution in [3.8, 4) is 11.3 Å². The van der Waals surface area contributed by atoms with Gasteiger partial charge in [0.15, 0.2) is 0 Å². The van der Waals surface area contributed by atoms with Crippen molar-refractivity contribution in [1.29, 1.82) is 0 Å². The van der Waals surface area contributed by atoms with E-state index in [9.17, 15) is 22.8 Å². The number of aryl methyl sites for hydroxylation is 1. The minimum Gasteiger partial charge on any atom is -0.322 e. The van der Waals surface area contributed by atoms with Gasteiger partial charge >= 0.3 is 6.18 Å². The van der Waals surface area contributed by atoms with Gasteiger partial charge in [0.25, 0.3) is 5.91 Å². The first-order valence-corrected chi connectivity index (χ1v) is 13.0. The molecule has 2 amide bonds. The highest BCUT2D eigenvalue weighted by atomic mass is 19.4. The number of carbonyl (C=O) groups is 2. The molecular formula is C31H29F3N6O2. The molecule has 0 fully saturated rings. The van der Waals surface area contributed by atoms with Crippen LogP contribution in [0, 0.1) is 6.92 Å². The van der Waals surface area contributed by atoms with Crippen molar-refractivity contribution in [3.05, 3.63) is 113 Å². The number of likely N-dealkylation sites (N-methyl/N-ethyl adjacent to an activating group) is 1. The highest BCUT2D eigenvalue weighted by molar-refractivity contribution is 6.05. The molecule has 4 aromatic rings. The lowest BCUT2D eigenvalue weighted by Gasteiger charge is -2.16. The Bertz CT molecular complexity index is 1600. The van der Waals surface area contributed by atoms with Crippen LogP contribution in [0.25, 0.3) is 11.3 Å². The highest BCUT2D eigenvalue weighted by Gasteiger charge is 2.34. The van der Waals surface area contributed by atoms with Crippen molar-refractivity contribution in [2.24, 2.45) is 0 Å². The standard InChI is InChI=1S/C31H29F3N6O2/c1-20-8-9-21(16-23(20)17-28-36-14-12-26(38-28)22-6-4-13-35-19-22)30(42)37-24-10-11-27(25(18-24)31(32,33)34)39-29(41)7-5-15-40(2)3/h4-14,16,18-19H,15,17H2,1-3H3,(H,37,42)(H,39,41)/b7-5+. The van der Waals surface area contributed by atoms with Crippen LogP contribution in [0.1, 0.15) is 32.9 Å². The number of aromatic nitrogens is 3. The van der Waals surface area contributed by atoms with Gasteiger partial charge < -0.3 is 15.5 Å². The van der Waals surface area contributed by atoms with Crippen LogP contribution < -0.4 is 10.6 Å². The minimum absolute atomic E-state index is 0.0666. The molecule has 8 nitrogen and oxygen atoms in total. The maximum absolute atomic E-state index is 13.8. The van der Waals surface area contributed by atoms with Crippen LogP contribution >= 0.6 is 0 Å². The van der Waals surface area contributed by atoms with E-state index in [2.05, 4.69) is 25.6 Å². The third kappa shape index (κ3) is 8.07. The Balaban J connectivity index is 1.51. The van der Waals surface area contributed by atoms with Crippen molar-refractivity contribution < 1.29 is 22.8 Å². The van der Waals surface area contributed by atoms with E-state index in [-0.39, 0.29) is 11.3 Å². The lowest BCUT2D eigenvalue weighted by Crippen LogP contribution is -2.17. The van der Waals surface area contributed by atoms with Crippen LogP contribution in [0.2, 0.25) is 0 Å². The lowest BCUT2D eigenvalue weighted by molar-refractivity contribution is -0.136. The Labute approximate surface area is 241 Å². The zero-order valence-electron chi connectivity index (χ0n) is 23.2. The van der Waals surface area contributed by atoms with Crippen LogP contribution in [-0.2, 0) is 17.4 Å². The number of nitrogens with zero attached hydrogens (tertiary/aromatic N) is 4. The topological polar surface area (TPSA) is 100 Å². The van der Waals surface area contributed by atoms with E-state index < -0.39 is 29.2 Å². The first-order chi connectivity index (χ1) is 20.0. The summed E-state index contributed by atoms with van der Waals surface area (Å²) in [6.07, 6.45) is 3.32. The van der Waals surface area contributed by atoms with E-state index in [1.807, 2.05) is 19.1 Å².